The number of nitrogens with two attached hydrogens (primary N) is 1. The van der Waals surface area contributed by atoms with E-state index in [9.17, 15) is 0 Å². The fraction of sp³-hybridized carbons (Fsp3) is 0.214. The zero-order valence-corrected chi connectivity index (χ0v) is 11.6. The number of anilines is 1. The van der Waals surface area contributed by atoms with Crippen molar-refractivity contribution in [2.45, 2.75) is 13.0 Å². The van der Waals surface area contributed by atoms with Crippen molar-refractivity contribution in [3.8, 4) is 5.75 Å². The van der Waals surface area contributed by atoms with Gasteiger partial charge in [-0.05, 0) is 30.5 Å². The number of imidazole rings is 1. The van der Waals surface area contributed by atoms with Crippen LogP contribution in [0.5, 0.6) is 5.75 Å². The number of hydrogen-bond acceptors (Lipinski definition) is 4. The molecule has 0 aliphatic heterocycles. The molecule has 0 radical (unpaired) electrons. The number of nitrogens with zero attached hydrogens (tertiary/aromatic N) is 2. The van der Waals surface area contributed by atoms with Crippen LogP contribution in [0.4, 0.5) is 5.95 Å². The monoisotopic (exact) mass is 273 g/mol. The Balaban J connectivity index is 2.15. The van der Waals surface area contributed by atoms with Crippen LogP contribution in [-0.4, -0.2) is 16.7 Å². The number of nitrogen functional groups attached to an aromatic ring is 1. The van der Waals surface area contributed by atoms with Crippen molar-refractivity contribution in [2.75, 3.05) is 12.8 Å². The first-order valence-corrected chi connectivity index (χ1v) is 6.93. The summed E-state index contributed by atoms with van der Waals surface area (Å²) in [5.74, 6) is 1.32. The van der Waals surface area contributed by atoms with Crippen molar-refractivity contribution in [3.63, 3.8) is 0 Å². The van der Waals surface area contributed by atoms with E-state index in [0.717, 1.165) is 16.8 Å². The van der Waals surface area contributed by atoms with Crippen molar-refractivity contribution in [2.24, 2.45) is 0 Å². The average Bonchev–Trinajstić information content (AvgIpc) is 3.03. The predicted octanol–water partition coefficient (Wildman–Crippen LogP) is 3.30. The largest absolute Gasteiger partial charge is 0.497 e. The molecule has 0 bridgehead atoms. The summed E-state index contributed by atoms with van der Waals surface area (Å²) in [6, 6.07) is 10.2. The Morgan fingerprint density at radius 3 is 2.89 bits per heavy atom. The van der Waals surface area contributed by atoms with E-state index in [1.54, 1.807) is 18.4 Å². The van der Waals surface area contributed by atoms with Gasteiger partial charge in [-0.3, -0.25) is 0 Å². The van der Waals surface area contributed by atoms with Crippen LogP contribution in [0, 0.1) is 0 Å². The number of methoxy groups -OCH3 is 1. The Morgan fingerprint density at radius 1 is 1.37 bits per heavy atom. The van der Waals surface area contributed by atoms with Crippen LogP contribution in [0.3, 0.4) is 0 Å². The molecule has 2 heterocycles. The van der Waals surface area contributed by atoms with Crippen LogP contribution < -0.4 is 10.5 Å². The van der Waals surface area contributed by atoms with Gasteiger partial charge in [0.15, 0.2) is 0 Å². The van der Waals surface area contributed by atoms with E-state index >= 15 is 0 Å². The number of hydrogen-bond donors (Lipinski definition) is 1. The Labute approximate surface area is 115 Å². The van der Waals surface area contributed by atoms with Gasteiger partial charge in [-0.2, -0.15) is 0 Å². The minimum atomic E-state index is 0.179. The number of thiophene rings is 1. The molecular weight excluding hydrogens is 258 g/mol. The highest BCUT2D eigenvalue weighted by atomic mass is 32.1. The fourth-order valence-electron chi connectivity index (χ4n) is 2.29. The van der Waals surface area contributed by atoms with E-state index in [4.69, 9.17) is 10.5 Å². The lowest BCUT2D eigenvalue weighted by Gasteiger charge is -2.14. The fourth-order valence-corrected chi connectivity index (χ4v) is 3.06. The first-order chi connectivity index (χ1) is 9.20. The second-order valence-corrected chi connectivity index (χ2v) is 5.37. The zero-order valence-electron chi connectivity index (χ0n) is 10.8. The molecule has 0 saturated heterocycles. The van der Waals surface area contributed by atoms with E-state index in [0.29, 0.717) is 5.95 Å². The molecule has 3 aromatic rings. The summed E-state index contributed by atoms with van der Waals surface area (Å²) in [5.41, 5.74) is 7.96. The van der Waals surface area contributed by atoms with Crippen LogP contribution in [-0.2, 0) is 0 Å². The number of ether oxygens (including phenoxy) is 1. The van der Waals surface area contributed by atoms with E-state index in [1.165, 1.54) is 4.88 Å². The summed E-state index contributed by atoms with van der Waals surface area (Å²) in [5, 5.41) is 2.07. The van der Waals surface area contributed by atoms with Crippen molar-refractivity contribution < 1.29 is 4.74 Å². The number of fused-ring (bicyclic) bond motifs is 1. The third-order valence-electron chi connectivity index (χ3n) is 3.27. The first kappa shape index (κ1) is 12.0. The number of rotatable bonds is 3. The van der Waals surface area contributed by atoms with Crippen LogP contribution in [0.2, 0.25) is 0 Å². The molecule has 0 saturated carbocycles. The van der Waals surface area contributed by atoms with Gasteiger partial charge >= 0.3 is 0 Å². The van der Waals surface area contributed by atoms with E-state index < -0.39 is 0 Å². The van der Waals surface area contributed by atoms with Crippen molar-refractivity contribution in [3.05, 3.63) is 40.6 Å². The zero-order chi connectivity index (χ0) is 13.4. The minimum Gasteiger partial charge on any atom is -0.497 e. The van der Waals surface area contributed by atoms with Gasteiger partial charge in [-0.1, -0.05) is 6.07 Å². The Bertz CT molecular complexity index is 703. The van der Waals surface area contributed by atoms with Crippen molar-refractivity contribution in [1.82, 2.24) is 9.55 Å². The maximum absolute atomic E-state index is 6.07. The number of aromatic nitrogens is 2. The molecule has 2 aromatic heterocycles. The second-order valence-electron chi connectivity index (χ2n) is 4.39. The summed E-state index contributed by atoms with van der Waals surface area (Å²) in [6.45, 7) is 2.13. The van der Waals surface area contributed by atoms with Gasteiger partial charge in [0.25, 0.3) is 0 Å². The third kappa shape index (κ3) is 1.96. The van der Waals surface area contributed by atoms with Crippen LogP contribution in [0.15, 0.2) is 35.7 Å². The highest BCUT2D eigenvalue weighted by Crippen LogP contribution is 2.30. The molecule has 1 unspecified atom stereocenters. The van der Waals surface area contributed by atoms with Crippen LogP contribution >= 0.6 is 11.3 Å². The number of benzene rings is 1. The van der Waals surface area contributed by atoms with Crippen LogP contribution in [0.1, 0.15) is 17.8 Å². The van der Waals surface area contributed by atoms with Gasteiger partial charge in [-0.25, -0.2) is 4.98 Å². The van der Waals surface area contributed by atoms with Gasteiger partial charge < -0.3 is 15.0 Å². The summed E-state index contributed by atoms with van der Waals surface area (Å²) in [4.78, 5) is 5.68. The first-order valence-electron chi connectivity index (χ1n) is 6.05. The Morgan fingerprint density at radius 2 is 2.21 bits per heavy atom. The molecule has 0 aliphatic rings. The molecule has 2 N–H and O–H groups in total. The maximum Gasteiger partial charge on any atom is 0.201 e. The summed E-state index contributed by atoms with van der Waals surface area (Å²) in [7, 11) is 1.65. The van der Waals surface area contributed by atoms with Gasteiger partial charge in [0, 0.05) is 10.9 Å². The molecule has 0 spiro atoms. The third-order valence-corrected chi connectivity index (χ3v) is 4.31. The van der Waals surface area contributed by atoms with E-state index in [-0.39, 0.29) is 6.04 Å². The SMILES string of the molecule is COc1ccc2c(c1)nc(N)n2C(C)c1cccs1. The molecule has 1 aromatic carbocycles. The van der Waals surface area contributed by atoms with Gasteiger partial charge in [-0.15, -0.1) is 11.3 Å². The molecule has 4 nitrogen and oxygen atoms in total. The molecule has 0 aliphatic carbocycles. The van der Waals surface area contributed by atoms with E-state index in [1.807, 2.05) is 18.2 Å². The summed E-state index contributed by atoms with van der Waals surface area (Å²) >= 11 is 1.73. The molecule has 0 fully saturated rings. The quantitative estimate of drug-likeness (QED) is 0.796. The lowest BCUT2D eigenvalue weighted by atomic mass is 10.2. The standard InChI is InChI=1S/C14H15N3OS/c1-9(13-4-3-7-19-13)17-12-6-5-10(18-2)8-11(12)16-14(17)15/h3-9H,1-2H3,(H2,15,16). The normalized spacial score (nSPS) is 12.7. The van der Waals surface area contributed by atoms with Crippen LogP contribution in [0.25, 0.3) is 11.0 Å². The Kier molecular flexibility index (Phi) is 2.91. The van der Waals surface area contributed by atoms with Gasteiger partial charge in [0.1, 0.15) is 5.75 Å². The molecule has 0 amide bonds. The van der Waals surface area contributed by atoms with Crippen molar-refractivity contribution in [1.29, 1.82) is 0 Å². The molecule has 19 heavy (non-hydrogen) atoms. The van der Waals surface area contributed by atoms with Crippen molar-refractivity contribution >= 4 is 28.3 Å². The Hall–Kier alpha value is -2.01. The molecule has 3 rings (SSSR count). The second kappa shape index (κ2) is 4.59. The van der Waals surface area contributed by atoms with Gasteiger partial charge in [0.2, 0.25) is 5.95 Å². The smallest absolute Gasteiger partial charge is 0.201 e. The van der Waals surface area contributed by atoms with Gasteiger partial charge in [0.05, 0.1) is 24.2 Å². The maximum atomic E-state index is 6.07. The highest BCUT2D eigenvalue weighted by molar-refractivity contribution is 7.10. The lowest BCUT2D eigenvalue weighted by molar-refractivity contribution is 0.415. The summed E-state index contributed by atoms with van der Waals surface area (Å²) in [6.07, 6.45) is 0. The molecule has 1 atom stereocenters. The minimum absolute atomic E-state index is 0.179. The molecule has 98 valence electrons. The predicted molar refractivity (Wildman–Crippen MR) is 78.8 cm³/mol. The lowest BCUT2D eigenvalue weighted by Crippen LogP contribution is -2.08. The highest BCUT2D eigenvalue weighted by Gasteiger charge is 2.16. The molecule has 5 heteroatoms. The average molecular weight is 273 g/mol. The summed E-state index contributed by atoms with van der Waals surface area (Å²) < 4.78 is 7.27. The van der Waals surface area contributed by atoms with E-state index in [2.05, 4.69) is 34.0 Å². The topological polar surface area (TPSA) is 53.1 Å². The molecular formula is C14H15N3OS.